The third-order valence-corrected chi connectivity index (χ3v) is 2.36. The Labute approximate surface area is 107 Å². The number of halogens is 1. The maximum Gasteiger partial charge on any atom is 0.329 e. The fourth-order valence-corrected chi connectivity index (χ4v) is 1.46. The first-order chi connectivity index (χ1) is 8.97. The van der Waals surface area contributed by atoms with Crippen molar-refractivity contribution in [3.05, 3.63) is 45.9 Å². The minimum atomic E-state index is -0.673. The normalized spacial score (nSPS) is 10.2. The van der Waals surface area contributed by atoms with Gasteiger partial charge >= 0.3 is 5.69 Å². The highest BCUT2D eigenvalue weighted by Crippen LogP contribution is 2.26. The topological polar surface area (TPSA) is 107 Å². The highest BCUT2D eigenvalue weighted by Gasteiger charge is 2.17. The molecule has 0 saturated heterocycles. The van der Waals surface area contributed by atoms with E-state index in [1.165, 1.54) is 12.1 Å². The number of benzene rings is 1. The number of hydrogen-bond donors (Lipinski definition) is 2. The maximum atomic E-state index is 13.7. The Kier molecular flexibility index (Phi) is 3.23. The zero-order chi connectivity index (χ0) is 14.0. The molecule has 7 nitrogen and oxygen atoms in total. The minimum absolute atomic E-state index is 0.0757. The molecule has 1 aromatic heterocycles. The molecular weight excluding hydrogens is 253 g/mol. The second-order valence-corrected chi connectivity index (χ2v) is 3.83. The molecule has 1 aromatic carbocycles. The highest BCUT2D eigenvalue weighted by atomic mass is 19.1. The van der Waals surface area contributed by atoms with E-state index < -0.39 is 10.7 Å². The lowest BCUT2D eigenvalue weighted by atomic mass is 10.2. The second kappa shape index (κ2) is 4.84. The van der Waals surface area contributed by atoms with Crippen molar-refractivity contribution >= 4 is 23.1 Å². The first-order valence-corrected chi connectivity index (χ1v) is 5.27. The minimum Gasteiger partial charge on any atom is -0.368 e. The molecule has 0 saturated carbocycles. The number of anilines is 3. The van der Waals surface area contributed by atoms with Gasteiger partial charge in [0, 0.05) is 0 Å². The van der Waals surface area contributed by atoms with Crippen LogP contribution in [0.3, 0.4) is 0 Å². The molecule has 3 N–H and O–H groups in total. The van der Waals surface area contributed by atoms with Gasteiger partial charge in [-0.3, -0.25) is 10.1 Å². The van der Waals surface area contributed by atoms with E-state index in [1.807, 2.05) is 0 Å². The van der Waals surface area contributed by atoms with Gasteiger partial charge < -0.3 is 11.1 Å². The van der Waals surface area contributed by atoms with Crippen LogP contribution in [0.5, 0.6) is 0 Å². The van der Waals surface area contributed by atoms with Gasteiger partial charge in [-0.25, -0.2) is 9.37 Å². The van der Waals surface area contributed by atoms with Gasteiger partial charge in [-0.1, -0.05) is 6.07 Å². The third-order valence-electron chi connectivity index (χ3n) is 2.36. The molecule has 0 unspecified atom stereocenters. The summed E-state index contributed by atoms with van der Waals surface area (Å²) < 4.78 is 13.7. The molecule has 0 spiro atoms. The average Bonchev–Trinajstić information content (AvgIpc) is 2.32. The molecule has 0 atom stereocenters. The van der Waals surface area contributed by atoms with E-state index >= 15 is 0 Å². The Morgan fingerprint density at radius 1 is 1.47 bits per heavy atom. The third kappa shape index (κ3) is 2.73. The molecule has 98 valence electrons. The number of nitro groups is 1. The second-order valence-electron chi connectivity index (χ2n) is 3.83. The summed E-state index contributed by atoms with van der Waals surface area (Å²) >= 11 is 0. The SMILES string of the molecule is Cc1ccc(Nc2nc(N)ncc2[N+](=O)[O-])c(F)c1. The molecule has 0 aliphatic heterocycles. The molecule has 19 heavy (non-hydrogen) atoms. The molecule has 2 aromatic rings. The Morgan fingerprint density at radius 2 is 2.21 bits per heavy atom. The lowest BCUT2D eigenvalue weighted by molar-refractivity contribution is -0.384. The Morgan fingerprint density at radius 3 is 2.84 bits per heavy atom. The number of nitrogens with two attached hydrogens (primary N) is 1. The van der Waals surface area contributed by atoms with Crippen LogP contribution in [0, 0.1) is 22.9 Å². The van der Waals surface area contributed by atoms with Crippen molar-refractivity contribution in [1.82, 2.24) is 9.97 Å². The van der Waals surface area contributed by atoms with E-state index in [4.69, 9.17) is 5.73 Å². The molecule has 0 aliphatic rings. The van der Waals surface area contributed by atoms with E-state index in [9.17, 15) is 14.5 Å². The van der Waals surface area contributed by atoms with Crippen molar-refractivity contribution in [2.24, 2.45) is 0 Å². The van der Waals surface area contributed by atoms with Crippen molar-refractivity contribution in [2.75, 3.05) is 11.1 Å². The number of aryl methyl sites for hydroxylation is 1. The van der Waals surface area contributed by atoms with Crippen LogP contribution >= 0.6 is 0 Å². The lowest BCUT2D eigenvalue weighted by Gasteiger charge is -2.07. The van der Waals surface area contributed by atoms with Crippen molar-refractivity contribution < 1.29 is 9.31 Å². The fourth-order valence-electron chi connectivity index (χ4n) is 1.46. The van der Waals surface area contributed by atoms with Gasteiger partial charge in [0.25, 0.3) is 0 Å². The largest absolute Gasteiger partial charge is 0.368 e. The highest BCUT2D eigenvalue weighted by molar-refractivity contribution is 5.66. The van der Waals surface area contributed by atoms with Crippen LogP contribution in [0.25, 0.3) is 0 Å². The van der Waals surface area contributed by atoms with Gasteiger partial charge in [-0.05, 0) is 24.6 Å². The van der Waals surface area contributed by atoms with Crippen molar-refractivity contribution in [3.63, 3.8) is 0 Å². The molecule has 0 bridgehead atoms. The van der Waals surface area contributed by atoms with Crippen LogP contribution in [0.1, 0.15) is 5.56 Å². The van der Waals surface area contributed by atoms with Crippen molar-refractivity contribution in [2.45, 2.75) is 6.92 Å². The summed E-state index contributed by atoms with van der Waals surface area (Å²) in [5.41, 5.74) is 5.80. The summed E-state index contributed by atoms with van der Waals surface area (Å²) in [5, 5.41) is 13.4. The maximum absolute atomic E-state index is 13.7. The van der Waals surface area contributed by atoms with E-state index in [1.54, 1.807) is 13.0 Å². The monoisotopic (exact) mass is 263 g/mol. The van der Waals surface area contributed by atoms with Gasteiger partial charge in [-0.2, -0.15) is 4.98 Å². The van der Waals surface area contributed by atoms with Crippen LogP contribution in [-0.2, 0) is 0 Å². The smallest absolute Gasteiger partial charge is 0.329 e. The zero-order valence-corrected chi connectivity index (χ0v) is 9.92. The first-order valence-electron chi connectivity index (χ1n) is 5.27. The van der Waals surface area contributed by atoms with E-state index in [-0.39, 0.29) is 23.1 Å². The molecule has 0 radical (unpaired) electrons. The molecule has 8 heteroatoms. The quantitative estimate of drug-likeness (QED) is 0.649. The lowest BCUT2D eigenvalue weighted by Crippen LogP contribution is -2.05. The van der Waals surface area contributed by atoms with Crippen LogP contribution in [0.15, 0.2) is 24.4 Å². The molecular formula is C11H10FN5O2. The van der Waals surface area contributed by atoms with E-state index in [0.29, 0.717) is 0 Å². The molecule has 1 heterocycles. The summed E-state index contributed by atoms with van der Waals surface area (Å²) in [7, 11) is 0. The Bertz CT molecular complexity index is 647. The number of nitrogen functional groups attached to an aromatic ring is 1. The average molecular weight is 263 g/mol. The zero-order valence-electron chi connectivity index (χ0n) is 9.92. The van der Waals surface area contributed by atoms with Gasteiger partial charge in [0.05, 0.1) is 10.6 Å². The predicted molar refractivity (Wildman–Crippen MR) is 67.5 cm³/mol. The van der Waals surface area contributed by atoms with Gasteiger partial charge in [0.15, 0.2) is 0 Å². The van der Waals surface area contributed by atoms with Gasteiger partial charge in [0.2, 0.25) is 11.8 Å². The number of nitrogens with one attached hydrogen (secondary N) is 1. The van der Waals surface area contributed by atoms with Crippen LogP contribution in [0.2, 0.25) is 0 Å². The summed E-state index contributed by atoms with van der Waals surface area (Å²) in [6.07, 6.45) is 0.969. The summed E-state index contributed by atoms with van der Waals surface area (Å²) in [5.74, 6) is -0.827. The van der Waals surface area contributed by atoms with Crippen molar-refractivity contribution in [1.29, 1.82) is 0 Å². The first kappa shape index (κ1) is 12.7. The summed E-state index contributed by atoms with van der Waals surface area (Å²) in [6, 6.07) is 4.44. The molecule has 0 aliphatic carbocycles. The van der Waals surface area contributed by atoms with Crippen molar-refractivity contribution in [3.8, 4) is 0 Å². The number of aromatic nitrogens is 2. The number of nitrogens with zero attached hydrogens (tertiary/aromatic N) is 3. The fraction of sp³-hybridized carbons (Fsp3) is 0.0909. The Balaban J connectivity index is 2.42. The van der Waals surface area contributed by atoms with Gasteiger partial charge in [0.1, 0.15) is 12.0 Å². The summed E-state index contributed by atoms with van der Waals surface area (Å²) in [6.45, 7) is 1.73. The predicted octanol–water partition coefficient (Wildman–Crippen LogP) is 2.16. The standard InChI is InChI=1S/C11H10FN5O2/c1-6-2-3-8(7(12)4-6)15-10-9(17(18)19)5-14-11(13)16-10/h2-5H,1H3,(H3,13,14,15,16). The Hall–Kier alpha value is -2.77. The molecule has 2 rings (SSSR count). The molecule has 0 amide bonds. The summed E-state index contributed by atoms with van der Waals surface area (Å²) in [4.78, 5) is 17.4. The van der Waals surface area contributed by atoms with E-state index in [0.717, 1.165) is 11.8 Å². The van der Waals surface area contributed by atoms with Crippen LogP contribution < -0.4 is 11.1 Å². The number of hydrogen-bond acceptors (Lipinski definition) is 6. The van der Waals surface area contributed by atoms with Crippen LogP contribution in [0.4, 0.5) is 27.5 Å². The van der Waals surface area contributed by atoms with Gasteiger partial charge in [-0.15, -0.1) is 0 Å². The number of rotatable bonds is 3. The van der Waals surface area contributed by atoms with Crippen LogP contribution in [-0.4, -0.2) is 14.9 Å². The van der Waals surface area contributed by atoms with E-state index in [2.05, 4.69) is 15.3 Å². The molecule has 0 fully saturated rings.